The minimum Gasteiger partial charge on any atom is -0.370 e. The zero-order valence-corrected chi connectivity index (χ0v) is 7.88. The van der Waals surface area contributed by atoms with Gasteiger partial charge in [-0.1, -0.05) is 0 Å². The van der Waals surface area contributed by atoms with Gasteiger partial charge < -0.3 is 10.5 Å². The van der Waals surface area contributed by atoms with E-state index in [1.165, 1.54) is 0 Å². The molecule has 6 heteroatoms. The van der Waals surface area contributed by atoms with Crippen LogP contribution in [0.15, 0.2) is 0 Å². The van der Waals surface area contributed by atoms with Crippen molar-refractivity contribution in [3.8, 4) is 0 Å². The lowest BCUT2D eigenvalue weighted by atomic mass is 10.3. The van der Waals surface area contributed by atoms with E-state index in [-0.39, 0.29) is 16.8 Å². The fraction of sp³-hybridized carbons (Fsp3) is 0.571. The van der Waals surface area contributed by atoms with E-state index in [1.807, 2.05) is 0 Å². The average Bonchev–Trinajstić information content (AvgIpc) is 2.82. The summed E-state index contributed by atoms with van der Waals surface area (Å²) in [5, 5.41) is 0.117. The van der Waals surface area contributed by atoms with Crippen molar-refractivity contribution in [3.05, 3.63) is 11.1 Å². The van der Waals surface area contributed by atoms with Crippen LogP contribution in [0.25, 0.3) is 0 Å². The second kappa shape index (κ2) is 2.78. The molecule has 1 fully saturated rings. The number of hydrogen-bond acceptors (Lipinski definition) is 5. The fourth-order valence-corrected chi connectivity index (χ4v) is 1.37. The number of aromatic nitrogens is 3. The molecule has 0 unspecified atom stereocenters. The third-order valence-electron chi connectivity index (χ3n) is 2.13. The lowest BCUT2D eigenvalue weighted by molar-refractivity contribution is 0.0710. The number of methoxy groups -OCH3 is 1. The number of rotatable bonds is 2. The Kier molecular flexibility index (Phi) is 1.85. The van der Waals surface area contributed by atoms with Crippen molar-refractivity contribution >= 4 is 17.5 Å². The molecule has 70 valence electrons. The van der Waals surface area contributed by atoms with E-state index in [4.69, 9.17) is 22.1 Å². The van der Waals surface area contributed by atoms with Crippen LogP contribution in [0.2, 0.25) is 5.28 Å². The molecule has 1 aromatic heterocycles. The van der Waals surface area contributed by atoms with E-state index in [1.54, 1.807) is 7.11 Å². The summed E-state index contributed by atoms with van der Waals surface area (Å²) in [6.07, 6.45) is 1.81. The van der Waals surface area contributed by atoms with Crippen molar-refractivity contribution in [2.75, 3.05) is 12.8 Å². The number of nitrogen functional groups attached to an aromatic ring is 1. The quantitative estimate of drug-likeness (QED) is 0.763. The summed E-state index contributed by atoms with van der Waals surface area (Å²) < 4.78 is 5.28. The maximum Gasteiger partial charge on any atom is 0.227 e. The van der Waals surface area contributed by atoms with Gasteiger partial charge in [0, 0.05) is 7.11 Å². The van der Waals surface area contributed by atoms with Crippen LogP contribution in [0.3, 0.4) is 0 Å². The minimum absolute atomic E-state index is 0.117. The van der Waals surface area contributed by atoms with Gasteiger partial charge in [-0.05, 0) is 24.4 Å². The average molecular weight is 201 g/mol. The summed E-state index contributed by atoms with van der Waals surface area (Å²) in [6.45, 7) is 0. The van der Waals surface area contributed by atoms with Crippen molar-refractivity contribution in [2.24, 2.45) is 0 Å². The van der Waals surface area contributed by atoms with E-state index >= 15 is 0 Å². The first kappa shape index (κ1) is 8.65. The molecular weight excluding hydrogens is 192 g/mol. The van der Waals surface area contributed by atoms with Crippen molar-refractivity contribution in [1.29, 1.82) is 0 Å². The highest BCUT2D eigenvalue weighted by Gasteiger charge is 2.48. The number of ether oxygens (including phenoxy) is 1. The maximum absolute atomic E-state index is 5.64. The van der Waals surface area contributed by atoms with E-state index in [9.17, 15) is 0 Å². The van der Waals surface area contributed by atoms with Gasteiger partial charge in [0.05, 0.1) is 0 Å². The molecule has 0 atom stereocenters. The summed E-state index contributed by atoms with van der Waals surface area (Å²) in [7, 11) is 1.63. The first-order valence-corrected chi connectivity index (χ1v) is 4.27. The van der Waals surface area contributed by atoms with Gasteiger partial charge in [0.25, 0.3) is 0 Å². The molecule has 5 nitrogen and oxygen atoms in total. The lowest BCUT2D eigenvalue weighted by Crippen LogP contribution is -2.15. The summed E-state index contributed by atoms with van der Waals surface area (Å²) in [4.78, 5) is 11.6. The highest BCUT2D eigenvalue weighted by Crippen LogP contribution is 2.47. The van der Waals surface area contributed by atoms with E-state index < -0.39 is 0 Å². The molecule has 0 radical (unpaired) electrons. The predicted molar refractivity (Wildman–Crippen MR) is 47.2 cm³/mol. The Morgan fingerprint density at radius 2 is 2.08 bits per heavy atom. The molecule has 1 aliphatic rings. The van der Waals surface area contributed by atoms with Crippen molar-refractivity contribution in [3.63, 3.8) is 0 Å². The van der Waals surface area contributed by atoms with Crippen molar-refractivity contribution in [1.82, 2.24) is 15.0 Å². The van der Waals surface area contributed by atoms with Gasteiger partial charge in [-0.2, -0.15) is 15.0 Å². The summed E-state index contributed by atoms with van der Waals surface area (Å²) in [5.74, 6) is 0.672. The van der Waals surface area contributed by atoms with Crippen molar-refractivity contribution < 1.29 is 4.74 Å². The fourth-order valence-electron chi connectivity index (χ4n) is 1.20. The van der Waals surface area contributed by atoms with Crippen LogP contribution >= 0.6 is 11.6 Å². The maximum atomic E-state index is 5.64. The summed E-state index contributed by atoms with van der Waals surface area (Å²) in [5.41, 5.74) is 5.08. The Hall–Kier alpha value is -0.940. The molecule has 1 heterocycles. The zero-order valence-electron chi connectivity index (χ0n) is 7.12. The second-order valence-electron chi connectivity index (χ2n) is 2.98. The predicted octanol–water partition coefficient (Wildman–Crippen LogP) is 0.743. The highest BCUT2D eigenvalue weighted by atomic mass is 35.5. The topological polar surface area (TPSA) is 73.9 Å². The van der Waals surface area contributed by atoms with Crippen LogP contribution in [0.1, 0.15) is 18.7 Å². The van der Waals surface area contributed by atoms with Gasteiger partial charge >= 0.3 is 0 Å². The second-order valence-corrected chi connectivity index (χ2v) is 3.32. The molecule has 13 heavy (non-hydrogen) atoms. The molecule has 0 saturated heterocycles. The summed E-state index contributed by atoms with van der Waals surface area (Å²) in [6, 6.07) is 0. The van der Waals surface area contributed by atoms with Crippen molar-refractivity contribution in [2.45, 2.75) is 18.4 Å². The zero-order chi connectivity index (χ0) is 9.47. The van der Waals surface area contributed by atoms with E-state index in [0.717, 1.165) is 12.8 Å². The highest BCUT2D eigenvalue weighted by molar-refractivity contribution is 6.28. The van der Waals surface area contributed by atoms with Crippen LogP contribution in [0, 0.1) is 0 Å². The van der Waals surface area contributed by atoms with E-state index in [2.05, 4.69) is 15.0 Å². The van der Waals surface area contributed by atoms with Gasteiger partial charge in [0.15, 0.2) is 5.82 Å². The molecule has 1 aromatic rings. The van der Waals surface area contributed by atoms with Gasteiger partial charge in [-0.25, -0.2) is 0 Å². The van der Waals surface area contributed by atoms with E-state index in [0.29, 0.717) is 5.82 Å². The van der Waals surface area contributed by atoms with Crippen LogP contribution < -0.4 is 5.73 Å². The number of anilines is 1. The molecule has 2 rings (SSSR count). The Bertz CT molecular complexity index is 319. The molecule has 0 spiro atoms. The van der Waals surface area contributed by atoms with Crippen LogP contribution in [-0.4, -0.2) is 22.1 Å². The van der Waals surface area contributed by atoms with Gasteiger partial charge in [-0.3, -0.25) is 0 Å². The smallest absolute Gasteiger partial charge is 0.227 e. The molecule has 1 aliphatic carbocycles. The van der Waals surface area contributed by atoms with Gasteiger partial charge in [0.2, 0.25) is 11.2 Å². The molecular formula is C7H9ClN4O. The largest absolute Gasteiger partial charge is 0.370 e. The number of hydrogen-bond donors (Lipinski definition) is 1. The minimum atomic E-state index is -0.360. The molecule has 0 amide bonds. The number of halogens is 1. The van der Waals surface area contributed by atoms with Crippen LogP contribution in [0.5, 0.6) is 0 Å². The first-order chi connectivity index (χ1) is 6.16. The Morgan fingerprint density at radius 1 is 1.38 bits per heavy atom. The molecule has 0 aliphatic heterocycles. The first-order valence-electron chi connectivity index (χ1n) is 3.89. The van der Waals surface area contributed by atoms with Crippen LogP contribution in [0.4, 0.5) is 5.95 Å². The van der Waals surface area contributed by atoms with Gasteiger partial charge in [-0.15, -0.1) is 0 Å². The normalized spacial score (nSPS) is 18.6. The third-order valence-corrected chi connectivity index (χ3v) is 2.30. The Balaban J connectivity index is 2.40. The summed E-state index contributed by atoms with van der Waals surface area (Å²) >= 11 is 5.64. The molecule has 0 aromatic carbocycles. The third kappa shape index (κ3) is 1.45. The standard InChI is InChI=1S/C7H9ClN4O/c1-13-7(2-3-7)4-10-5(8)12-6(9)11-4/h2-3H2,1H3,(H2,9,10,11,12). The Morgan fingerprint density at radius 3 is 2.54 bits per heavy atom. The molecule has 1 saturated carbocycles. The number of nitrogens with two attached hydrogens (primary N) is 1. The number of nitrogens with zero attached hydrogens (tertiary/aromatic N) is 3. The van der Waals surface area contributed by atoms with Gasteiger partial charge in [0.1, 0.15) is 5.60 Å². The SMILES string of the molecule is COC1(c2nc(N)nc(Cl)n2)CC1. The molecule has 2 N–H and O–H groups in total. The molecule has 0 bridgehead atoms. The van der Waals surface area contributed by atoms with Crippen LogP contribution in [-0.2, 0) is 10.3 Å². The Labute approximate surface area is 80.3 Å². The monoisotopic (exact) mass is 200 g/mol. The lowest BCUT2D eigenvalue weighted by Gasteiger charge is -2.10.